The number of piperidine rings is 1. The lowest BCUT2D eigenvalue weighted by Crippen LogP contribution is -2.61. The van der Waals surface area contributed by atoms with Gasteiger partial charge in [-0.3, -0.25) is 14.2 Å². The second-order valence-corrected chi connectivity index (χ2v) is 10.6. The second kappa shape index (κ2) is 11.8. The molecule has 2 heterocycles. The van der Waals surface area contributed by atoms with Crippen LogP contribution in [0, 0.1) is 0 Å². The Balaban J connectivity index is 1.12. The molecule has 10 heteroatoms. The fourth-order valence-corrected chi connectivity index (χ4v) is 5.90. The number of carbonyl (C=O) groups is 3. The van der Waals surface area contributed by atoms with Gasteiger partial charge >= 0.3 is 12.2 Å². The van der Waals surface area contributed by atoms with Crippen molar-refractivity contribution in [3.05, 3.63) is 124 Å². The van der Waals surface area contributed by atoms with Crippen molar-refractivity contribution in [2.45, 2.75) is 24.4 Å². The molecule has 218 valence electrons. The van der Waals surface area contributed by atoms with Crippen LogP contribution in [0.2, 0.25) is 0 Å². The van der Waals surface area contributed by atoms with Crippen LogP contribution >= 0.6 is 0 Å². The molecular weight excluding hydrogens is 548 g/mol. The number of hydrogen-bond donors (Lipinski definition) is 3. The smallest absolute Gasteiger partial charge is 0.407 e. The van der Waals surface area contributed by atoms with Crippen LogP contribution in [0.1, 0.15) is 33.8 Å². The quantitative estimate of drug-likeness (QED) is 0.314. The number of carbonyl (C=O) groups excluding carboxylic acids is 2. The molecule has 0 radical (unpaired) electrons. The number of benzene rings is 3. The van der Waals surface area contributed by atoms with E-state index < -0.39 is 24.3 Å². The van der Waals surface area contributed by atoms with Gasteiger partial charge in [0.25, 0.3) is 11.5 Å². The number of fused-ring (bicyclic) bond motifs is 3. The summed E-state index contributed by atoms with van der Waals surface area (Å²) < 4.78 is 7.15. The highest BCUT2D eigenvalue weighted by atomic mass is 16.5. The summed E-state index contributed by atoms with van der Waals surface area (Å²) in [5.41, 5.74) is 5.19. The number of rotatable bonds is 6. The van der Waals surface area contributed by atoms with Gasteiger partial charge in [-0.25, -0.2) is 9.59 Å². The first-order valence-electron chi connectivity index (χ1n) is 14.1. The third-order valence-corrected chi connectivity index (χ3v) is 8.08. The first-order valence-corrected chi connectivity index (χ1v) is 14.1. The van der Waals surface area contributed by atoms with E-state index in [1.807, 2.05) is 36.4 Å². The first-order chi connectivity index (χ1) is 20.9. The van der Waals surface area contributed by atoms with Gasteiger partial charge in [-0.1, -0.05) is 54.6 Å². The lowest BCUT2D eigenvalue weighted by Gasteiger charge is -2.37. The van der Waals surface area contributed by atoms with E-state index in [-0.39, 0.29) is 37.1 Å². The summed E-state index contributed by atoms with van der Waals surface area (Å²) in [6.07, 6.45) is 0.170. The van der Waals surface area contributed by atoms with Crippen molar-refractivity contribution in [3.63, 3.8) is 0 Å². The molecule has 4 aromatic rings. The van der Waals surface area contributed by atoms with Crippen LogP contribution in [0.25, 0.3) is 16.8 Å². The minimum Gasteiger partial charge on any atom is -0.465 e. The molecule has 0 spiro atoms. The number of nitrogens with zero attached hydrogens (tertiary/aromatic N) is 2. The summed E-state index contributed by atoms with van der Waals surface area (Å²) in [6, 6.07) is 26.3. The summed E-state index contributed by atoms with van der Waals surface area (Å²) in [5.74, 6) is -0.495. The molecule has 3 amide bonds. The number of carboxylic acid groups (broad SMARTS) is 1. The van der Waals surface area contributed by atoms with Gasteiger partial charge in [-0.05, 0) is 59.0 Å². The SMILES string of the molecule is O=C(N[C@@H]1CN(C(=O)O)CC[C@@H]1NC(=O)c1ccc(-n2ccccc2=O)cc1)OCC1c2ccccc2-c2ccccc21. The zero-order valence-corrected chi connectivity index (χ0v) is 23.2. The molecule has 43 heavy (non-hydrogen) atoms. The number of pyridine rings is 1. The van der Waals surface area contributed by atoms with Crippen molar-refractivity contribution >= 4 is 18.1 Å². The maximum absolute atomic E-state index is 13.2. The fourth-order valence-electron chi connectivity index (χ4n) is 5.90. The van der Waals surface area contributed by atoms with E-state index in [0.717, 1.165) is 22.3 Å². The molecule has 1 saturated heterocycles. The summed E-state index contributed by atoms with van der Waals surface area (Å²) in [6.45, 7) is 0.322. The van der Waals surface area contributed by atoms with Gasteiger partial charge in [0.2, 0.25) is 0 Å². The number of amides is 3. The average molecular weight is 579 g/mol. The Hall–Kier alpha value is -5.38. The van der Waals surface area contributed by atoms with E-state index in [0.29, 0.717) is 17.7 Å². The molecule has 1 aliphatic carbocycles. The standard InChI is InChI=1S/C33H30N4O6/c38-30-11-5-6-17-37(30)22-14-12-21(13-15-22)31(39)34-28-16-18-36(33(41)42)19-29(28)35-32(40)43-20-27-25-9-3-1-7-23(25)24-8-2-4-10-26(24)27/h1-15,17,27-29H,16,18-20H2,(H,34,39)(H,35,40)(H,41,42)/t28-,29+/m0/s1. The normalized spacial score (nSPS) is 17.4. The minimum atomic E-state index is -1.10. The number of ether oxygens (including phenoxy) is 1. The molecule has 2 aliphatic rings. The molecule has 0 bridgehead atoms. The highest BCUT2D eigenvalue weighted by Gasteiger charge is 2.35. The Labute approximate surface area is 247 Å². The van der Waals surface area contributed by atoms with Crippen LogP contribution in [0.4, 0.5) is 9.59 Å². The van der Waals surface area contributed by atoms with Gasteiger partial charge in [-0.15, -0.1) is 0 Å². The van der Waals surface area contributed by atoms with Crippen LogP contribution < -0.4 is 16.2 Å². The van der Waals surface area contributed by atoms with Crippen molar-refractivity contribution in [2.24, 2.45) is 0 Å². The predicted octanol–water partition coefficient (Wildman–Crippen LogP) is 4.23. The van der Waals surface area contributed by atoms with Gasteiger partial charge in [0.05, 0.1) is 12.1 Å². The Kier molecular flexibility index (Phi) is 7.65. The molecule has 2 atom stereocenters. The molecule has 6 rings (SSSR count). The Morgan fingerprint density at radius 3 is 2.12 bits per heavy atom. The number of aromatic nitrogens is 1. The Bertz CT molecular complexity index is 1690. The van der Waals surface area contributed by atoms with E-state index in [4.69, 9.17) is 4.74 Å². The molecule has 1 fully saturated rings. The van der Waals surface area contributed by atoms with E-state index in [1.54, 1.807) is 42.6 Å². The van der Waals surface area contributed by atoms with Crippen molar-refractivity contribution in [3.8, 4) is 16.8 Å². The summed E-state index contributed by atoms with van der Waals surface area (Å²) in [5, 5.41) is 15.3. The number of nitrogens with one attached hydrogen (secondary N) is 2. The number of likely N-dealkylation sites (tertiary alicyclic amines) is 1. The third kappa shape index (κ3) is 5.72. The van der Waals surface area contributed by atoms with Gasteiger partial charge < -0.3 is 25.4 Å². The molecule has 10 nitrogen and oxygen atoms in total. The lowest BCUT2D eigenvalue weighted by atomic mass is 9.98. The van der Waals surface area contributed by atoms with Crippen molar-refractivity contribution in [2.75, 3.05) is 19.7 Å². The van der Waals surface area contributed by atoms with Gasteiger partial charge in [0.15, 0.2) is 0 Å². The van der Waals surface area contributed by atoms with Crippen LogP contribution in [0.15, 0.2) is 102 Å². The second-order valence-electron chi connectivity index (χ2n) is 10.6. The zero-order valence-electron chi connectivity index (χ0n) is 23.2. The highest BCUT2D eigenvalue weighted by molar-refractivity contribution is 5.94. The van der Waals surface area contributed by atoms with Gasteiger partial charge in [-0.2, -0.15) is 0 Å². The summed E-state index contributed by atoms with van der Waals surface area (Å²) in [4.78, 5) is 51.2. The summed E-state index contributed by atoms with van der Waals surface area (Å²) >= 11 is 0. The Morgan fingerprint density at radius 1 is 0.814 bits per heavy atom. The lowest BCUT2D eigenvalue weighted by molar-refractivity contribution is 0.0845. The van der Waals surface area contributed by atoms with Gasteiger partial charge in [0, 0.05) is 42.5 Å². The van der Waals surface area contributed by atoms with Crippen LogP contribution in [0.5, 0.6) is 0 Å². The molecule has 0 unspecified atom stereocenters. The monoisotopic (exact) mass is 578 g/mol. The molecule has 3 aromatic carbocycles. The fraction of sp³-hybridized carbons (Fsp3) is 0.212. The van der Waals surface area contributed by atoms with E-state index in [1.165, 1.54) is 15.5 Å². The number of alkyl carbamates (subject to hydrolysis) is 1. The predicted molar refractivity (Wildman–Crippen MR) is 160 cm³/mol. The zero-order chi connectivity index (χ0) is 29.9. The van der Waals surface area contributed by atoms with Crippen LogP contribution in [-0.2, 0) is 4.74 Å². The minimum absolute atomic E-state index is 0.000335. The molecule has 3 N–H and O–H groups in total. The molecular formula is C33H30N4O6. The van der Waals surface area contributed by atoms with Gasteiger partial charge in [0.1, 0.15) is 6.61 Å². The molecule has 1 aromatic heterocycles. The van der Waals surface area contributed by atoms with Crippen molar-refractivity contribution in [1.82, 2.24) is 20.1 Å². The average Bonchev–Trinajstić information content (AvgIpc) is 3.34. The molecule has 0 saturated carbocycles. The summed E-state index contributed by atoms with van der Waals surface area (Å²) in [7, 11) is 0. The third-order valence-electron chi connectivity index (χ3n) is 8.08. The van der Waals surface area contributed by atoms with Crippen molar-refractivity contribution < 1.29 is 24.2 Å². The van der Waals surface area contributed by atoms with Crippen LogP contribution in [-0.4, -0.2) is 64.4 Å². The van der Waals surface area contributed by atoms with Crippen molar-refractivity contribution in [1.29, 1.82) is 0 Å². The first kappa shape index (κ1) is 27.8. The Morgan fingerprint density at radius 2 is 1.47 bits per heavy atom. The van der Waals surface area contributed by atoms with E-state index in [9.17, 15) is 24.3 Å². The number of hydrogen-bond acceptors (Lipinski definition) is 5. The largest absolute Gasteiger partial charge is 0.465 e. The van der Waals surface area contributed by atoms with E-state index >= 15 is 0 Å². The van der Waals surface area contributed by atoms with E-state index in [2.05, 4.69) is 22.8 Å². The maximum atomic E-state index is 13.2. The highest BCUT2D eigenvalue weighted by Crippen LogP contribution is 2.44. The maximum Gasteiger partial charge on any atom is 0.407 e. The topological polar surface area (TPSA) is 130 Å². The molecule has 1 aliphatic heterocycles. The van der Waals surface area contributed by atoms with Crippen LogP contribution in [0.3, 0.4) is 0 Å².